The molecule has 1 saturated carbocycles. The highest BCUT2D eigenvalue weighted by Gasteiger charge is 2.52. The number of carbonyl (C=O) groups excluding carboxylic acids is 4. The normalized spacial score (nSPS) is 23.2. The predicted octanol–water partition coefficient (Wildman–Crippen LogP) is 4.07. The van der Waals surface area contributed by atoms with Crippen LogP contribution < -0.4 is 9.64 Å². The second-order valence-electron chi connectivity index (χ2n) is 8.42. The molecule has 4 rings (SSSR count). The highest BCUT2D eigenvalue weighted by atomic mass is 79.9. The lowest BCUT2D eigenvalue weighted by Gasteiger charge is -2.29. The summed E-state index contributed by atoms with van der Waals surface area (Å²) in [7, 11) is 1.27. The first-order chi connectivity index (χ1) is 17.1. The van der Waals surface area contributed by atoms with Gasteiger partial charge < -0.3 is 9.47 Å². The number of carbonyl (C=O) groups is 4. The van der Waals surface area contributed by atoms with Crippen molar-refractivity contribution in [1.29, 1.82) is 0 Å². The van der Waals surface area contributed by atoms with Gasteiger partial charge in [-0.2, -0.15) is 0 Å². The number of hydrogen-bond donors (Lipinski definition) is 0. The maximum Gasteiger partial charge on any atom is 0.338 e. The van der Waals surface area contributed by atoms with Crippen molar-refractivity contribution in [3.8, 4) is 5.75 Å². The van der Waals surface area contributed by atoms with E-state index in [1.165, 1.54) is 37.4 Å². The number of alkyl halides is 2. The minimum Gasteiger partial charge on any atom is -0.490 e. The second-order valence-corrected chi connectivity index (χ2v) is 10.8. The Labute approximate surface area is 222 Å². The molecule has 1 saturated heterocycles. The Morgan fingerprint density at radius 3 is 2.25 bits per heavy atom. The molecular formula is C24H20Br2N2O8. The number of benzene rings is 2. The third-order valence-electron chi connectivity index (χ3n) is 6.28. The second kappa shape index (κ2) is 10.5. The Morgan fingerprint density at radius 1 is 1.03 bits per heavy atom. The molecule has 2 fully saturated rings. The van der Waals surface area contributed by atoms with Gasteiger partial charge in [0.25, 0.3) is 0 Å². The summed E-state index contributed by atoms with van der Waals surface area (Å²) in [5.41, 5.74) is -0.105. The van der Waals surface area contributed by atoms with Crippen molar-refractivity contribution in [1.82, 2.24) is 0 Å². The van der Waals surface area contributed by atoms with Crippen LogP contribution in [0, 0.1) is 22.0 Å². The number of esters is 1. The van der Waals surface area contributed by atoms with E-state index < -0.39 is 35.1 Å². The lowest BCUT2D eigenvalue weighted by Crippen LogP contribution is -2.34. The fourth-order valence-corrected chi connectivity index (χ4v) is 5.66. The van der Waals surface area contributed by atoms with E-state index in [-0.39, 0.29) is 49.7 Å². The number of Topliss-reactive ketones (excluding diaryl/α,β-unsaturated/α-hetero) is 1. The number of hydrogen-bond acceptors (Lipinski definition) is 8. The number of halogens is 2. The van der Waals surface area contributed by atoms with E-state index in [1.54, 1.807) is 6.07 Å². The zero-order valence-corrected chi connectivity index (χ0v) is 22.1. The summed E-state index contributed by atoms with van der Waals surface area (Å²) < 4.78 is 10.0. The van der Waals surface area contributed by atoms with Crippen LogP contribution in [0.2, 0.25) is 0 Å². The number of fused-ring (bicyclic) bond motifs is 1. The SMILES string of the molecule is COc1ccc(C(=O)COC(=O)c2cccc(N3C(=O)[C@@H]4C[C@H](Br)[C@@H](Br)C[C@H]4C3=O)c2)cc1[N+](=O)[O-]. The molecule has 2 aromatic rings. The number of nitrogens with zero attached hydrogens (tertiary/aromatic N) is 2. The summed E-state index contributed by atoms with van der Waals surface area (Å²) in [5, 5.41) is 11.2. The number of imide groups is 1. The molecule has 2 aliphatic rings. The standard InChI is InChI=1S/C24H20Br2N2O8/c1-35-21-6-5-12(8-19(21)28(33)34)20(29)11-36-24(32)13-3-2-4-14(7-13)27-22(30)15-9-17(25)18(26)10-16(15)23(27)31/h2-8,15-18H,9-11H2,1H3/t15-,16-,17+,18+/m1/s1. The highest BCUT2D eigenvalue weighted by Crippen LogP contribution is 2.44. The minimum absolute atomic E-state index is 0.00507. The molecule has 36 heavy (non-hydrogen) atoms. The predicted molar refractivity (Wildman–Crippen MR) is 135 cm³/mol. The van der Waals surface area contributed by atoms with Crippen LogP contribution in [0.1, 0.15) is 33.6 Å². The van der Waals surface area contributed by atoms with Gasteiger partial charge in [-0.05, 0) is 43.2 Å². The Balaban J connectivity index is 1.46. The minimum atomic E-state index is -0.842. The summed E-state index contributed by atoms with van der Waals surface area (Å²) in [6, 6.07) is 9.56. The number of ether oxygens (including phenoxy) is 2. The summed E-state index contributed by atoms with van der Waals surface area (Å²) >= 11 is 7.10. The number of ketones is 1. The Kier molecular flexibility index (Phi) is 7.55. The van der Waals surface area contributed by atoms with Crippen LogP contribution in [0.3, 0.4) is 0 Å². The molecule has 0 radical (unpaired) electrons. The molecule has 0 N–H and O–H groups in total. The van der Waals surface area contributed by atoms with Crippen molar-refractivity contribution >= 4 is 66.8 Å². The van der Waals surface area contributed by atoms with E-state index in [4.69, 9.17) is 9.47 Å². The third-order valence-corrected chi connectivity index (χ3v) is 9.02. The van der Waals surface area contributed by atoms with E-state index in [1.807, 2.05) is 0 Å². The zero-order valence-electron chi connectivity index (χ0n) is 18.9. The van der Waals surface area contributed by atoms with E-state index in [9.17, 15) is 29.3 Å². The van der Waals surface area contributed by atoms with Crippen LogP contribution in [0.15, 0.2) is 42.5 Å². The van der Waals surface area contributed by atoms with Gasteiger partial charge in [-0.1, -0.05) is 37.9 Å². The molecule has 4 atom stereocenters. The number of amides is 2. The third kappa shape index (κ3) is 4.92. The van der Waals surface area contributed by atoms with Crippen molar-refractivity contribution in [3.05, 3.63) is 63.7 Å². The Morgan fingerprint density at radius 2 is 1.67 bits per heavy atom. The molecule has 1 aliphatic carbocycles. The maximum absolute atomic E-state index is 13.0. The Bertz CT molecular complexity index is 1240. The first-order valence-corrected chi connectivity index (χ1v) is 12.7. The molecule has 188 valence electrons. The van der Waals surface area contributed by atoms with Crippen molar-refractivity contribution in [2.45, 2.75) is 22.5 Å². The van der Waals surface area contributed by atoms with Crippen LogP contribution in [-0.4, -0.2) is 51.9 Å². The van der Waals surface area contributed by atoms with Crippen LogP contribution in [0.5, 0.6) is 5.75 Å². The lowest BCUT2D eigenvalue weighted by molar-refractivity contribution is -0.385. The summed E-state index contributed by atoms with van der Waals surface area (Å²) in [5.74, 6) is -2.98. The largest absolute Gasteiger partial charge is 0.490 e. The van der Waals surface area contributed by atoms with E-state index in [0.717, 1.165) is 11.0 Å². The van der Waals surface area contributed by atoms with Crippen molar-refractivity contribution < 1.29 is 33.6 Å². The maximum atomic E-state index is 13.0. The van der Waals surface area contributed by atoms with Gasteiger partial charge in [0.15, 0.2) is 12.4 Å². The van der Waals surface area contributed by atoms with Gasteiger partial charge >= 0.3 is 11.7 Å². The van der Waals surface area contributed by atoms with Crippen LogP contribution in [-0.2, 0) is 14.3 Å². The quantitative estimate of drug-likeness (QED) is 0.113. The molecule has 0 aromatic heterocycles. The number of methoxy groups -OCH3 is 1. The smallest absolute Gasteiger partial charge is 0.338 e. The topological polar surface area (TPSA) is 133 Å². The van der Waals surface area contributed by atoms with Crippen LogP contribution in [0.4, 0.5) is 11.4 Å². The summed E-state index contributed by atoms with van der Waals surface area (Å²) in [6.07, 6.45) is 1.05. The van der Waals surface area contributed by atoms with Gasteiger partial charge in [0, 0.05) is 21.3 Å². The van der Waals surface area contributed by atoms with Crippen LogP contribution >= 0.6 is 31.9 Å². The molecule has 0 spiro atoms. The van der Waals surface area contributed by atoms with Crippen molar-refractivity contribution in [3.63, 3.8) is 0 Å². The van der Waals surface area contributed by atoms with Gasteiger partial charge in [-0.25, -0.2) is 4.79 Å². The first kappa shape index (κ1) is 26.0. The summed E-state index contributed by atoms with van der Waals surface area (Å²) in [4.78, 5) is 62.9. The molecule has 0 bridgehead atoms. The van der Waals surface area contributed by atoms with E-state index in [0.29, 0.717) is 12.8 Å². The first-order valence-electron chi connectivity index (χ1n) is 10.9. The Hall–Kier alpha value is -3.12. The highest BCUT2D eigenvalue weighted by molar-refractivity contribution is 9.12. The van der Waals surface area contributed by atoms with Gasteiger partial charge in [0.1, 0.15) is 0 Å². The van der Waals surface area contributed by atoms with E-state index >= 15 is 0 Å². The van der Waals surface area contributed by atoms with Crippen molar-refractivity contribution in [2.24, 2.45) is 11.8 Å². The fraction of sp³-hybridized carbons (Fsp3) is 0.333. The number of nitro benzene ring substituents is 1. The number of anilines is 1. The molecule has 2 amide bonds. The number of nitro groups is 1. The monoisotopic (exact) mass is 622 g/mol. The fourth-order valence-electron chi connectivity index (χ4n) is 4.43. The molecular weight excluding hydrogens is 604 g/mol. The number of rotatable bonds is 7. The van der Waals surface area contributed by atoms with Gasteiger partial charge in [-0.3, -0.25) is 29.4 Å². The van der Waals surface area contributed by atoms with Gasteiger partial charge in [0.05, 0.1) is 35.1 Å². The average Bonchev–Trinajstić information content (AvgIpc) is 3.10. The van der Waals surface area contributed by atoms with Crippen molar-refractivity contribution in [2.75, 3.05) is 18.6 Å². The van der Waals surface area contributed by atoms with Gasteiger partial charge in [-0.15, -0.1) is 0 Å². The molecule has 2 aromatic carbocycles. The molecule has 12 heteroatoms. The molecule has 10 nitrogen and oxygen atoms in total. The van der Waals surface area contributed by atoms with Crippen LogP contribution in [0.25, 0.3) is 0 Å². The lowest BCUT2D eigenvalue weighted by atomic mass is 9.81. The molecule has 1 aliphatic heterocycles. The summed E-state index contributed by atoms with van der Waals surface area (Å²) in [6.45, 7) is -0.655. The zero-order chi connectivity index (χ0) is 26.1. The van der Waals surface area contributed by atoms with Gasteiger partial charge in [0.2, 0.25) is 17.6 Å². The molecule has 1 heterocycles. The van der Waals surface area contributed by atoms with E-state index in [2.05, 4.69) is 31.9 Å². The average molecular weight is 624 g/mol. The molecule has 0 unspecified atom stereocenters.